The Balaban J connectivity index is 1.81. The maximum absolute atomic E-state index is 12.1. The third-order valence-electron chi connectivity index (χ3n) is 3.95. The van der Waals surface area contributed by atoms with E-state index in [1.54, 1.807) is 11.9 Å². The van der Waals surface area contributed by atoms with Gasteiger partial charge < -0.3 is 20.1 Å². The summed E-state index contributed by atoms with van der Waals surface area (Å²) >= 11 is 0. The van der Waals surface area contributed by atoms with Gasteiger partial charge in [0.2, 0.25) is 11.8 Å². The molecule has 2 N–H and O–H groups in total. The highest BCUT2D eigenvalue weighted by Crippen LogP contribution is 2.23. The van der Waals surface area contributed by atoms with Crippen LogP contribution in [0.15, 0.2) is 30.3 Å². The van der Waals surface area contributed by atoms with Crippen LogP contribution in [0.3, 0.4) is 0 Å². The van der Waals surface area contributed by atoms with Gasteiger partial charge in [-0.15, -0.1) is 0 Å². The number of benzene rings is 1. The fraction of sp³-hybridized carbons (Fsp3) is 0.500. The van der Waals surface area contributed by atoms with E-state index in [1.165, 1.54) is 0 Å². The molecule has 120 valence electrons. The number of ether oxygens (including phenoxy) is 1. The van der Waals surface area contributed by atoms with Crippen molar-refractivity contribution in [3.05, 3.63) is 35.9 Å². The van der Waals surface area contributed by atoms with E-state index in [9.17, 15) is 14.7 Å². The summed E-state index contributed by atoms with van der Waals surface area (Å²) in [6, 6.07) is 9.63. The predicted octanol–water partition coefficient (Wildman–Crippen LogP) is 0.0161. The zero-order valence-electron chi connectivity index (χ0n) is 12.7. The van der Waals surface area contributed by atoms with Crippen LogP contribution in [-0.2, 0) is 20.9 Å². The molecule has 0 saturated carbocycles. The van der Waals surface area contributed by atoms with E-state index in [0.717, 1.165) is 5.56 Å². The third-order valence-corrected chi connectivity index (χ3v) is 3.95. The number of amides is 2. The van der Waals surface area contributed by atoms with Crippen LogP contribution in [-0.4, -0.2) is 55.2 Å². The first-order valence-corrected chi connectivity index (χ1v) is 7.37. The van der Waals surface area contributed by atoms with Gasteiger partial charge in [0.05, 0.1) is 12.5 Å². The number of aliphatic hydroxyl groups excluding tert-OH is 1. The smallest absolute Gasteiger partial charge is 0.248 e. The molecule has 1 aliphatic rings. The Labute approximate surface area is 130 Å². The lowest BCUT2D eigenvalue weighted by Gasteiger charge is -2.16. The van der Waals surface area contributed by atoms with Gasteiger partial charge in [0.1, 0.15) is 6.61 Å². The Bertz CT molecular complexity index is 506. The summed E-state index contributed by atoms with van der Waals surface area (Å²) in [7, 11) is 1.56. The molecule has 0 unspecified atom stereocenters. The minimum atomic E-state index is -0.354. The average Bonchev–Trinajstić information content (AvgIpc) is 2.99. The van der Waals surface area contributed by atoms with Crippen molar-refractivity contribution in [1.29, 1.82) is 0 Å². The van der Waals surface area contributed by atoms with Gasteiger partial charge in [-0.05, 0) is 5.56 Å². The summed E-state index contributed by atoms with van der Waals surface area (Å²) in [6.45, 7) is 0.976. The van der Waals surface area contributed by atoms with E-state index < -0.39 is 0 Å². The molecule has 1 heterocycles. The Morgan fingerprint density at radius 1 is 1.32 bits per heavy atom. The van der Waals surface area contributed by atoms with Crippen molar-refractivity contribution in [2.75, 3.05) is 33.4 Å². The predicted molar refractivity (Wildman–Crippen MR) is 80.8 cm³/mol. The van der Waals surface area contributed by atoms with Crippen LogP contribution in [0, 0.1) is 11.8 Å². The first kappa shape index (κ1) is 16.5. The molecule has 22 heavy (non-hydrogen) atoms. The molecular weight excluding hydrogens is 284 g/mol. The zero-order chi connectivity index (χ0) is 15.9. The summed E-state index contributed by atoms with van der Waals surface area (Å²) in [5.74, 6) is -0.855. The number of hydrogen-bond donors (Lipinski definition) is 2. The number of likely N-dealkylation sites (tertiary alicyclic amines) is 1. The van der Waals surface area contributed by atoms with E-state index >= 15 is 0 Å². The third kappa shape index (κ3) is 4.05. The molecule has 1 saturated heterocycles. The maximum Gasteiger partial charge on any atom is 0.248 e. The van der Waals surface area contributed by atoms with Crippen molar-refractivity contribution in [3.63, 3.8) is 0 Å². The number of hydrogen-bond acceptors (Lipinski definition) is 4. The van der Waals surface area contributed by atoms with Crippen LogP contribution in [0.1, 0.15) is 5.56 Å². The van der Waals surface area contributed by atoms with Crippen LogP contribution >= 0.6 is 0 Å². The van der Waals surface area contributed by atoms with Gasteiger partial charge in [0.25, 0.3) is 0 Å². The molecule has 0 aromatic heterocycles. The lowest BCUT2D eigenvalue weighted by atomic mass is 9.96. The SMILES string of the molecule is CNC(=O)[C@@H]1CN(C(=O)COCc2ccccc2)C[C@H]1CO. The van der Waals surface area contributed by atoms with Gasteiger partial charge in [0.15, 0.2) is 0 Å². The van der Waals surface area contributed by atoms with E-state index in [1.807, 2.05) is 30.3 Å². The lowest BCUT2D eigenvalue weighted by molar-refractivity contribution is -0.135. The summed E-state index contributed by atoms with van der Waals surface area (Å²) in [5.41, 5.74) is 1.01. The normalized spacial score (nSPS) is 20.9. The van der Waals surface area contributed by atoms with E-state index in [2.05, 4.69) is 5.32 Å². The van der Waals surface area contributed by atoms with Crippen molar-refractivity contribution >= 4 is 11.8 Å². The monoisotopic (exact) mass is 306 g/mol. The van der Waals surface area contributed by atoms with Crippen LogP contribution in [0.25, 0.3) is 0 Å². The quantitative estimate of drug-likeness (QED) is 0.776. The zero-order valence-corrected chi connectivity index (χ0v) is 12.7. The molecule has 1 aromatic rings. The average molecular weight is 306 g/mol. The fourth-order valence-corrected chi connectivity index (χ4v) is 2.66. The number of carbonyl (C=O) groups excluding carboxylic acids is 2. The molecule has 0 bridgehead atoms. The molecule has 1 aliphatic heterocycles. The highest BCUT2D eigenvalue weighted by atomic mass is 16.5. The Hall–Kier alpha value is -1.92. The Morgan fingerprint density at radius 3 is 2.68 bits per heavy atom. The Kier molecular flexibility index (Phi) is 5.91. The number of aliphatic hydroxyl groups is 1. The van der Waals surface area contributed by atoms with Gasteiger partial charge in [0, 0.05) is 32.7 Å². The lowest BCUT2D eigenvalue weighted by Crippen LogP contribution is -2.35. The molecule has 0 spiro atoms. The van der Waals surface area contributed by atoms with Crippen LogP contribution in [0.4, 0.5) is 0 Å². The molecule has 2 atom stereocenters. The largest absolute Gasteiger partial charge is 0.396 e. The maximum atomic E-state index is 12.1. The van der Waals surface area contributed by atoms with Crippen LogP contribution in [0.5, 0.6) is 0 Å². The molecule has 1 aromatic carbocycles. The molecular formula is C16H22N2O4. The van der Waals surface area contributed by atoms with Crippen LogP contribution < -0.4 is 5.32 Å². The van der Waals surface area contributed by atoms with Crippen molar-refractivity contribution in [1.82, 2.24) is 10.2 Å². The first-order valence-electron chi connectivity index (χ1n) is 7.37. The van der Waals surface area contributed by atoms with Gasteiger partial charge in [-0.3, -0.25) is 9.59 Å². The van der Waals surface area contributed by atoms with Gasteiger partial charge in [-0.2, -0.15) is 0 Å². The number of nitrogens with zero attached hydrogens (tertiary/aromatic N) is 1. The minimum Gasteiger partial charge on any atom is -0.396 e. The number of rotatable bonds is 6. The second-order valence-electron chi connectivity index (χ2n) is 5.44. The van der Waals surface area contributed by atoms with Crippen molar-refractivity contribution in [3.8, 4) is 0 Å². The van der Waals surface area contributed by atoms with E-state index in [4.69, 9.17) is 4.74 Å². The molecule has 2 rings (SSSR count). The number of nitrogens with one attached hydrogen (secondary N) is 1. The van der Waals surface area contributed by atoms with Crippen molar-refractivity contribution in [2.24, 2.45) is 11.8 Å². The van der Waals surface area contributed by atoms with E-state index in [-0.39, 0.29) is 36.9 Å². The second-order valence-corrected chi connectivity index (χ2v) is 5.44. The molecule has 0 aliphatic carbocycles. The Morgan fingerprint density at radius 2 is 2.05 bits per heavy atom. The molecule has 0 radical (unpaired) electrons. The summed E-state index contributed by atoms with van der Waals surface area (Å²) in [4.78, 5) is 25.5. The summed E-state index contributed by atoms with van der Waals surface area (Å²) in [5, 5.41) is 11.9. The fourth-order valence-electron chi connectivity index (χ4n) is 2.66. The minimum absolute atomic E-state index is 0.0203. The summed E-state index contributed by atoms with van der Waals surface area (Å²) < 4.78 is 5.43. The highest BCUT2D eigenvalue weighted by Gasteiger charge is 2.38. The number of carbonyl (C=O) groups is 2. The molecule has 1 fully saturated rings. The second kappa shape index (κ2) is 7.91. The van der Waals surface area contributed by atoms with Gasteiger partial charge in [-0.1, -0.05) is 30.3 Å². The van der Waals surface area contributed by atoms with Crippen LogP contribution in [0.2, 0.25) is 0 Å². The highest BCUT2D eigenvalue weighted by molar-refractivity contribution is 5.82. The topological polar surface area (TPSA) is 78.9 Å². The molecule has 6 nitrogen and oxygen atoms in total. The molecule has 2 amide bonds. The van der Waals surface area contributed by atoms with Gasteiger partial charge >= 0.3 is 0 Å². The van der Waals surface area contributed by atoms with Crippen molar-refractivity contribution in [2.45, 2.75) is 6.61 Å². The first-order chi connectivity index (χ1) is 10.7. The molecule has 6 heteroatoms. The standard InChI is InChI=1S/C16H22N2O4/c1-17-16(21)14-8-18(7-13(14)9-19)15(20)11-22-10-12-5-3-2-4-6-12/h2-6,13-14,19H,7-11H2,1H3,(H,17,21)/t13-,14+/m0/s1. The van der Waals surface area contributed by atoms with Gasteiger partial charge in [-0.25, -0.2) is 0 Å². The van der Waals surface area contributed by atoms with E-state index in [0.29, 0.717) is 19.7 Å². The summed E-state index contributed by atoms with van der Waals surface area (Å²) in [6.07, 6.45) is 0. The van der Waals surface area contributed by atoms with Crippen molar-refractivity contribution < 1.29 is 19.4 Å².